The van der Waals surface area contributed by atoms with Gasteiger partial charge in [0.05, 0.1) is 17.3 Å². The summed E-state index contributed by atoms with van der Waals surface area (Å²) in [4.78, 5) is 16.0. The Morgan fingerprint density at radius 1 is 1.53 bits per heavy atom. The van der Waals surface area contributed by atoms with Crippen LogP contribution in [0.4, 0.5) is 5.69 Å². The van der Waals surface area contributed by atoms with Gasteiger partial charge in [-0.2, -0.15) is 0 Å². The molecule has 0 atom stereocenters. The van der Waals surface area contributed by atoms with Crippen molar-refractivity contribution in [1.29, 1.82) is 0 Å². The second-order valence-electron chi connectivity index (χ2n) is 3.57. The van der Waals surface area contributed by atoms with Gasteiger partial charge in [0.1, 0.15) is 5.65 Å². The smallest absolute Gasteiger partial charge is 0.193 e. The van der Waals surface area contributed by atoms with E-state index in [0.717, 1.165) is 12.1 Å². The fourth-order valence-electron chi connectivity index (χ4n) is 1.68. The van der Waals surface area contributed by atoms with Crippen molar-refractivity contribution in [3.8, 4) is 0 Å². The zero-order valence-corrected chi connectivity index (χ0v) is 8.82. The Labute approximate surface area is 87.4 Å². The molecule has 0 saturated carbocycles. The first-order valence-electron chi connectivity index (χ1n) is 4.88. The van der Waals surface area contributed by atoms with Gasteiger partial charge in [-0.1, -0.05) is 0 Å². The minimum absolute atomic E-state index is 0.00880. The van der Waals surface area contributed by atoms with E-state index in [1.165, 1.54) is 0 Å². The number of hydrogen-bond donors (Lipinski definition) is 1. The van der Waals surface area contributed by atoms with Gasteiger partial charge in [-0.3, -0.25) is 4.79 Å². The van der Waals surface area contributed by atoms with Gasteiger partial charge in [0.2, 0.25) is 0 Å². The van der Waals surface area contributed by atoms with Crippen molar-refractivity contribution >= 4 is 16.7 Å². The molecule has 0 bridgehead atoms. The molecule has 0 aliphatic heterocycles. The summed E-state index contributed by atoms with van der Waals surface area (Å²) >= 11 is 0. The van der Waals surface area contributed by atoms with Crippen molar-refractivity contribution in [1.82, 2.24) is 9.55 Å². The standard InChI is InChI=1S/C11H13N3O/c1-3-14-6-7(2)10(15)9-4-8(12)5-13-11(9)14/h4-6H,3,12H2,1-2H3. The molecular formula is C11H13N3O. The van der Waals surface area contributed by atoms with Crippen LogP contribution in [0.15, 0.2) is 23.3 Å². The Morgan fingerprint density at radius 3 is 2.93 bits per heavy atom. The number of aromatic nitrogens is 2. The van der Waals surface area contributed by atoms with E-state index in [1.807, 2.05) is 17.7 Å². The van der Waals surface area contributed by atoms with Crippen LogP contribution in [-0.4, -0.2) is 9.55 Å². The second-order valence-corrected chi connectivity index (χ2v) is 3.57. The number of nitrogens with zero attached hydrogens (tertiary/aromatic N) is 2. The summed E-state index contributed by atoms with van der Waals surface area (Å²) in [7, 11) is 0. The third-order valence-corrected chi connectivity index (χ3v) is 2.45. The first-order valence-corrected chi connectivity index (χ1v) is 4.88. The van der Waals surface area contributed by atoms with Crippen molar-refractivity contribution < 1.29 is 0 Å². The Hall–Kier alpha value is -1.84. The van der Waals surface area contributed by atoms with E-state index >= 15 is 0 Å². The maximum atomic E-state index is 11.8. The molecule has 2 heterocycles. The summed E-state index contributed by atoms with van der Waals surface area (Å²) < 4.78 is 1.95. The molecule has 0 amide bonds. The highest BCUT2D eigenvalue weighted by Gasteiger charge is 2.06. The van der Waals surface area contributed by atoms with E-state index in [9.17, 15) is 4.79 Å². The topological polar surface area (TPSA) is 60.9 Å². The predicted molar refractivity (Wildman–Crippen MR) is 60.8 cm³/mol. The molecule has 2 N–H and O–H groups in total. The predicted octanol–water partition coefficient (Wildman–Crippen LogP) is 1.31. The number of rotatable bonds is 1. The Morgan fingerprint density at radius 2 is 2.27 bits per heavy atom. The fraction of sp³-hybridized carbons (Fsp3) is 0.273. The average Bonchev–Trinajstić information content (AvgIpc) is 2.23. The molecule has 0 spiro atoms. The molecule has 2 aromatic heterocycles. The molecule has 0 radical (unpaired) electrons. The zero-order chi connectivity index (χ0) is 11.0. The summed E-state index contributed by atoms with van der Waals surface area (Å²) in [6, 6.07) is 1.68. The van der Waals surface area contributed by atoms with Crippen molar-refractivity contribution in [3.63, 3.8) is 0 Å². The lowest BCUT2D eigenvalue weighted by atomic mass is 10.2. The quantitative estimate of drug-likeness (QED) is 0.760. The minimum atomic E-state index is 0.00880. The Kier molecular flexibility index (Phi) is 2.19. The molecule has 0 aromatic carbocycles. The number of nitrogens with two attached hydrogens (primary N) is 1. The Bertz CT molecular complexity index is 572. The first-order chi connectivity index (χ1) is 7.13. The zero-order valence-electron chi connectivity index (χ0n) is 8.82. The lowest BCUT2D eigenvalue weighted by Gasteiger charge is -2.08. The van der Waals surface area contributed by atoms with Crippen LogP contribution in [0.1, 0.15) is 12.5 Å². The fourth-order valence-corrected chi connectivity index (χ4v) is 1.68. The maximum absolute atomic E-state index is 11.8. The van der Waals surface area contributed by atoms with E-state index in [2.05, 4.69) is 4.98 Å². The van der Waals surface area contributed by atoms with E-state index in [1.54, 1.807) is 19.2 Å². The SMILES string of the molecule is CCn1cc(C)c(=O)c2cc(N)cnc21. The third-order valence-electron chi connectivity index (χ3n) is 2.45. The monoisotopic (exact) mass is 203 g/mol. The molecular weight excluding hydrogens is 190 g/mol. The van der Waals surface area contributed by atoms with Crippen LogP contribution in [0.3, 0.4) is 0 Å². The van der Waals surface area contributed by atoms with Crippen LogP contribution in [-0.2, 0) is 6.54 Å². The summed E-state index contributed by atoms with van der Waals surface area (Å²) in [5.74, 6) is 0. The Balaban J connectivity index is 2.96. The molecule has 2 rings (SSSR count). The van der Waals surface area contributed by atoms with Gasteiger partial charge in [0.15, 0.2) is 5.43 Å². The molecule has 4 nitrogen and oxygen atoms in total. The van der Waals surface area contributed by atoms with Crippen LogP contribution in [0.5, 0.6) is 0 Å². The molecule has 15 heavy (non-hydrogen) atoms. The van der Waals surface area contributed by atoms with Gasteiger partial charge in [0, 0.05) is 18.3 Å². The second kappa shape index (κ2) is 3.38. The third kappa shape index (κ3) is 1.48. The maximum Gasteiger partial charge on any atom is 0.193 e. The van der Waals surface area contributed by atoms with E-state index in [-0.39, 0.29) is 5.43 Å². The minimum Gasteiger partial charge on any atom is -0.397 e. The van der Waals surface area contributed by atoms with Crippen molar-refractivity contribution in [2.24, 2.45) is 0 Å². The molecule has 78 valence electrons. The van der Waals surface area contributed by atoms with Crippen LogP contribution >= 0.6 is 0 Å². The summed E-state index contributed by atoms with van der Waals surface area (Å²) in [5.41, 5.74) is 7.57. The molecule has 4 heteroatoms. The number of aryl methyl sites for hydroxylation is 2. The van der Waals surface area contributed by atoms with Crippen LogP contribution in [0.25, 0.3) is 11.0 Å². The number of anilines is 1. The normalized spacial score (nSPS) is 10.8. The van der Waals surface area contributed by atoms with E-state index in [0.29, 0.717) is 16.7 Å². The lowest BCUT2D eigenvalue weighted by Crippen LogP contribution is -2.13. The average molecular weight is 203 g/mol. The van der Waals surface area contributed by atoms with Gasteiger partial charge in [-0.05, 0) is 19.9 Å². The van der Waals surface area contributed by atoms with Gasteiger partial charge >= 0.3 is 0 Å². The number of nitrogen functional groups attached to an aromatic ring is 1. The van der Waals surface area contributed by atoms with Gasteiger partial charge in [-0.25, -0.2) is 4.98 Å². The number of fused-ring (bicyclic) bond motifs is 1. The molecule has 2 aromatic rings. The van der Waals surface area contributed by atoms with Gasteiger partial charge < -0.3 is 10.3 Å². The van der Waals surface area contributed by atoms with Crippen molar-refractivity contribution in [2.75, 3.05) is 5.73 Å². The van der Waals surface area contributed by atoms with Crippen molar-refractivity contribution in [3.05, 3.63) is 34.2 Å². The summed E-state index contributed by atoms with van der Waals surface area (Å²) in [6.45, 7) is 4.60. The van der Waals surface area contributed by atoms with Gasteiger partial charge in [0.25, 0.3) is 0 Å². The molecule has 0 saturated heterocycles. The molecule has 0 fully saturated rings. The van der Waals surface area contributed by atoms with Gasteiger partial charge in [-0.15, -0.1) is 0 Å². The van der Waals surface area contributed by atoms with Crippen LogP contribution in [0, 0.1) is 6.92 Å². The molecule has 0 unspecified atom stereocenters. The molecule has 0 aliphatic rings. The van der Waals surface area contributed by atoms with E-state index < -0.39 is 0 Å². The highest BCUT2D eigenvalue weighted by atomic mass is 16.1. The largest absolute Gasteiger partial charge is 0.397 e. The van der Waals surface area contributed by atoms with E-state index in [4.69, 9.17) is 5.73 Å². The summed E-state index contributed by atoms with van der Waals surface area (Å²) in [5, 5.41) is 0.594. The lowest BCUT2D eigenvalue weighted by molar-refractivity contribution is 0.772. The number of pyridine rings is 2. The summed E-state index contributed by atoms with van der Waals surface area (Å²) in [6.07, 6.45) is 3.40. The van der Waals surface area contributed by atoms with Crippen molar-refractivity contribution in [2.45, 2.75) is 20.4 Å². The molecule has 0 aliphatic carbocycles. The first kappa shape index (κ1) is 9.71. The highest BCUT2D eigenvalue weighted by Crippen LogP contribution is 2.12. The van der Waals surface area contributed by atoms with Crippen LogP contribution < -0.4 is 11.2 Å². The highest BCUT2D eigenvalue weighted by molar-refractivity contribution is 5.78. The van der Waals surface area contributed by atoms with Crippen LogP contribution in [0.2, 0.25) is 0 Å². The number of hydrogen-bond acceptors (Lipinski definition) is 3.